The van der Waals surface area contributed by atoms with Gasteiger partial charge < -0.3 is 9.84 Å². The predicted octanol–water partition coefficient (Wildman–Crippen LogP) is 0.792. The van der Waals surface area contributed by atoms with E-state index in [0.717, 1.165) is 0 Å². The van der Waals surface area contributed by atoms with Gasteiger partial charge in [0.05, 0.1) is 19.1 Å². The second-order valence-corrected chi connectivity index (χ2v) is 5.99. The lowest BCUT2D eigenvalue weighted by Gasteiger charge is -2.31. The van der Waals surface area contributed by atoms with Crippen molar-refractivity contribution in [2.24, 2.45) is 0 Å². The van der Waals surface area contributed by atoms with Gasteiger partial charge >= 0.3 is 21.5 Å². The number of halogens is 3. The lowest BCUT2D eigenvalue weighted by molar-refractivity contribution is -0.138. The molecule has 0 aromatic carbocycles. The zero-order chi connectivity index (χ0) is 14.7. The van der Waals surface area contributed by atoms with Gasteiger partial charge in [-0.25, -0.2) is 8.42 Å². The smallest absolute Gasteiger partial charge is 0.481 e. The Morgan fingerprint density at radius 2 is 1.84 bits per heavy atom. The van der Waals surface area contributed by atoms with Gasteiger partial charge in [-0.1, -0.05) is 0 Å². The number of hydrogen-bond acceptors (Lipinski definition) is 4. The van der Waals surface area contributed by atoms with Crippen molar-refractivity contribution in [1.29, 1.82) is 0 Å². The minimum absolute atomic E-state index is 0.0357. The Hall–Kier alpha value is -0.870. The van der Waals surface area contributed by atoms with E-state index >= 15 is 0 Å². The Morgan fingerprint density at radius 1 is 1.32 bits per heavy atom. The van der Waals surface area contributed by atoms with Crippen LogP contribution < -0.4 is 0 Å². The van der Waals surface area contributed by atoms with Gasteiger partial charge in [0.1, 0.15) is 0 Å². The van der Waals surface area contributed by atoms with Crippen LogP contribution in [-0.4, -0.2) is 55.1 Å². The molecule has 0 bridgehead atoms. The van der Waals surface area contributed by atoms with E-state index in [1.54, 1.807) is 0 Å². The van der Waals surface area contributed by atoms with E-state index in [1.807, 2.05) is 0 Å². The molecule has 1 aliphatic rings. The molecule has 19 heavy (non-hydrogen) atoms. The first-order valence-corrected chi connectivity index (χ1v) is 6.98. The van der Waals surface area contributed by atoms with Crippen molar-refractivity contribution >= 4 is 16.0 Å². The molecule has 1 heterocycles. The third-order valence-electron chi connectivity index (χ3n) is 2.70. The van der Waals surface area contributed by atoms with Crippen molar-refractivity contribution in [3.8, 4) is 0 Å². The van der Waals surface area contributed by atoms with Crippen molar-refractivity contribution in [3.05, 3.63) is 0 Å². The topological polar surface area (TPSA) is 83.9 Å². The summed E-state index contributed by atoms with van der Waals surface area (Å²) >= 11 is 0. The second kappa shape index (κ2) is 6.06. The number of nitrogens with zero attached hydrogens (tertiary/aromatic N) is 1. The Labute approximate surface area is 108 Å². The number of sulfonamides is 1. The summed E-state index contributed by atoms with van der Waals surface area (Å²) < 4.78 is 64.6. The monoisotopic (exact) mass is 305 g/mol. The summed E-state index contributed by atoms with van der Waals surface area (Å²) in [7, 11) is -5.27. The highest BCUT2D eigenvalue weighted by Gasteiger charge is 2.50. The fourth-order valence-corrected chi connectivity index (χ4v) is 2.68. The number of carbonyl (C=O) groups is 1. The van der Waals surface area contributed by atoms with Crippen molar-refractivity contribution in [2.45, 2.75) is 30.9 Å². The number of alkyl halides is 3. The molecule has 1 rings (SSSR count). The van der Waals surface area contributed by atoms with Crippen molar-refractivity contribution < 1.29 is 36.2 Å². The molecular formula is C9H14F3NO5S. The third kappa shape index (κ3) is 4.32. The molecular weight excluding hydrogens is 291 g/mol. The first-order valence-electron chi connectivity index (χ1n) is 5.54. The van der Waals surface area contributed by atoms with Crippen LogP contribution in [-0.2, 0) is 19.6 Å². The molecule has 0 radical (unpaired) electrons. The van der Waals surface area contributed by atoms with Crippen molar-refractivity contribution in [3.63, 3.8) is 0 Å². The number of rotatable bonds is 5. The van der Waals surface area contributed by atoms with Crippen LogP contribution in [0.15, 0.2) is 0 Å². The van der Waals surface area contributed by atoms with Crippen LogP contribution in [0.25, 0.3) is 0 Å². The zero-order valence-corrected chi connectivity index (χ0v) is 10.7. The molecule has 0 unspecified atom stereocenters. The largest absolute Gasteiger partial charge is 0.511 e. The van der Waals surface area contributed by atoms with E-state index in [9.17, 15) is 26.4 Å². The summed E-state index contributed by atoms with van der Waals surface area (Å²) in [5, 5.41) is 8.39. The number of piperidine rings is 1. The van der Waals surface area contributed by atoms with E-state index in [4.69, 9.17) is 9.84 Å². The van der Waals surface area contributed by atoms with Crippen LogP contribution >= 0.6 is 0 Å². The summed E-state index contributed by atoms with van der Waals surface area (Å²) in [4.78, 5) is 10.2. The lowest BCUT2D eigenvalue weighted by atomic mass is 10.1. The number of carboxylic acid groups (broad SMARTS) is 1. The highest BCUT2D eigenvalue weighted by atomic mass is 32.2. The van der Waals surface area contributed by atoms with E-state index < -0.39 is 27.6 Å². The molecule has 0 atom stereocenters. The summed E-state index contributed by atoms with van der Waals surface area (Å²) in [6.45, 7) is -0.592. The van der Waals surface area contributed by atoms with Crippen LogP contribution in [0.5, 0.6) is 0 Å². The summed E-state index contributed by atoms with van der Waals surface area (Å²) in [6, 6.07) is 0. The van der Waals surface area contributed by atoms with E-state index in [0.29, 0.717) is 4.31 Å². The molecule has 6 nitrogen and oxygen atoms in total. The summed E-state index contributed by atoms with van der Waals surface area (Å²) in [5.74, 6) is -1.03. The maximum absolute atomic E-state index is 12.3. The third-order valence-corrected chi connectivity index (χ3v) is 4.33. The van der Waals surface area contributed by atoms with Crippen LogP contribution in [0.3, 0.4) is 0 Å². The van der Waals surface area contributed by atoms with E-state index in [-0.39, 0.29) is 39.0 Å². The SMILES string of the molecule is O=C(O)CCOC1CCN(S(=O)(=O)C(F)(F)F)CC1. The highest BCUT2D eigenvalue weighted by molar-refractivity contribution is 7.90. The lowest BCUT2D eigenvalue weighted by Crippen LogP contribution is -2.46. The van der Waals surface area contributed by atoms with Crippen LogP contribution in [0.4, 0.5) is 13.2 Å². The molecule has 0 amide bonds. The Bertz CT molecular complexity index is 414. The average Bonchev–Trinajstić information content (AvgIpc) is 2.27. The van der Waals surface area contributed by atoms with Gasteiger partial charge in [0.2, 0.25) is 0 Å². The highest BCUT2D eigenvalue weighted by Crippen LogP contribution is 2.29. The van der Waals surface area contributed by atoms with Crippen LogP contribution in [0.2, 0.25) is 0 Å². The van der Waals surface area contributed by atoms with Gasteiger partial charge in [-0.3, -0.25) is 4.79 Å². The molecule has 10 heteroatoms. The number of ether oxygens (including phenoxy) is 1. The summed E-state index contributed by atoms with van der Waals surface area (Å²) in [5.41, 5.74) is -5.29. The second-order valence-electron chi connectivity index (χ2n) is 4.06. The Kier molecular flexibility index (Phi) is 5.16. The minimum atomic E-state index is -5.29. The number of hydrogen-bond donors (Lipinski definition) is 1. The molecule has 1 saturated heterocycles. The Morgan fingerprint density at radius 3 is 2.26 bits per heavy atom. The maximum atomic E-state index is 12.3. The van der Waals surface area contributed by atoms with Gasteiger partial charge in [-0.05, 0) is 12.8 Å². The molecule has 0 aromatic heterocycles. The molecule has 112 valence electrons. The quantitative estimate of drug-likeness (QED) is 0.812. The van der Waals surface area contributed by atoms with Crippen molar-refractivity contribution in [1.82, 2.24) is 4.31 Å². The average molecular weight is 305 g/mol. The zero-order valence-electron chi connectivity index (χ0n) is 9.89. The molecule has 1 fully saturated rings. The van der Waals surface area contributed by atoms with Crippen LogP contribution in [0, 0.1) is 0 Å². The predicted molar refractivity (Wildman–Crippen MR) is 57.8 cm³/mol. The molecule has 1 aliphatic heterocycles. The Balaban J connectivity index is 2.43. The van der Waals surface area contributed by atoms with Crippen molar-refractivity contribution in [2.75, 3.05) is 19.7 Å². The normalized spacial score (nSPS) is 19.5. The molecule has 0 aromatic rings. The van der Waals surface area contributed by atoms with Gasteiger partial charge in [0, 0.05) is 13.1 Å². The minimum Gasteiger partial charge on any atom is -0.481 e. The van der Waals surface area contributed by atoms with Gasteiger partial charge in [-0.2, -0.15) is 17.5 Å². The fourth-order valence-electron chi connectivity index (χ4n) is 1.70. The standard InChI is InChI=1S/C9H14F3NO5S/c10-9(11,12)19(16,17)13-4-1-7(2-5-13)18-6-3-8(14)15/h7H,1-6H2,(H,14,15). The van der Waals surface area contributed by atoms with Gasteiger partial charge in [0.15, 0.2) is 0 Å². The number of aliphatic carboxylic acids is 1. The summed E-state index contributed by atoms with van der Waals surface area (Å²) in [6.07, 6.45) is -0.357. The van der Waals surface area contributed by atoms with Gasteiger partial charge in [-0.15, -0.1) is 0 Å². The molecule has 0 spiro atoms. The molecule has 1 N–H and O–H groups in total. The first kappa shape index (κ1) is 16.2. The van der Waals surface area contributed by atoms with Crippen LogP contribution in [0.1, 0.15) is 19.3 Å². The number of carboxylic acids is 1. The molecule has 0 aliphatic carbocycles. The first-order chi connectivity index (χ1) is 8.64. The fraction of sp³-hybridized carbons (Fsp3) is 0.889. The maximum Gasteiger partial charge on any atom is 0.511 e. The van der Waals surface area contributed by atoms with Gasteiger partial charge in [0.25, 0.3) is 0 Å². The molecule has 0 saturated carbocycles. The van der Waals surface area contributed by atoms with E-state index in [2.05, 4.69) is 0 Å². The van der Waals surface area contributed by atoms with E-state index in [1.165, 1.54) is 0 Å².